The molecule has 1 aliphatic heterocycles. The molecule has 0 unspecified atom stereocenters. The van der Waals surface area contributed by atoms with Crippen LogP contribution >= 0.6 is 0 Å². The second-order valence-electron chi connectivity index (χ2n) is 4.59. The minimum Gasteiger partial charge on any atom is -0.326 e. The molecule has 4 nitrogen and oxygen atoms in total. The summed E-state index contributed by atoms with van der Waals surface area (Å²) in [4.78, 5) is 8.99. The molecule has 1 aliphatic rings. The number of halogens is 3. The molecular formula is C11H15F3N4. The predicted molar refractivity (Wildman–Crippen MR) is 59.6 cm³/mol. The zero-order valence-corrected chi connectivity index (χ0v) is 10.0. The second-order valence-corrected chi connectivity index (χ2v) is 4.59. The predicted octanol–water partition coefficient (Wildman–Crippen LogP) is 1.34. The van der Waals surface area contributed by atoms with Gasteiger partial charge in [-0.05, 0) is 13.3 Å². The van der Waals surface area contributed by atoms with Crippen LogP contribution in [-0.2, 0) is 12.7 Å². The van der Waals surface area contributed by atoms with E-state index in [0.717, 1.165) is 25.1 Å². The maximum Gasteiger partial charge on any atom is 0.451 e. The van der Waals surface area contributed by atoms with E-state index in [4.69, 9.17) is 5.73 Å². The Hall–Kier alpha value is -1.21. The standard InChI is InChI=1S/C11H15F3N4/c1-7-8(5-18-3-2-9(15)6-18)4-16-10(17-7)11(12,13)14/h4,9H,2-3,5-6,15H2,1H3/t9-/m0/s1. The van der Waals surface area contributed by atoms with Crippen LogP contribution in [-0.4, -0.2) is 34.0 Å². The summed E-state index contributed by atoms with van der Waals surface area (Å²) < 4.78 is 37.2. The Morgan fingerprint density at radius 2 is 2.22 bits per heavy atom. The topological polar surface area (TPSA) is 55.0 Å². The highest BCUT2D eigenvalue weighted by Gasteiger charge is 2.35. The van der Waals surface area contributed by atoms with Gasteiger partial charge in [-0.25, -0.2) is 9.97 Å². The number of likely N-dealkylation sites (tertiary alicyclic amines) is 1. The summed E-state index contributed by atoms with van der Waals surface area (Å²) in [5.41, 5.74) is 6.87. The van der Waals surface area contributed by atoms with E-state index in [1.807, 2.05) is 0 Å². The van der Waals surface area contributed by atoms with Gasteiger partial charge in [-0.3, -0.25) is 4.90 Å². The lowest BCUT2D eigenvalue weighted by Crippen LogP contribution is -2.26. The van der Waals surface area contributed by atoms with Crippen molar-refractivity contribution in [2.45, 2.75) is 32.1 Å². The summed E-state index contributed by atoms with van der Waals surface area (Å²) in [6, 6.07) is 0.153. The maximum atomic E-state index is 12.4. The van der Waals surface area contributed by atoms with Gasteiger partial charge in [0.15, 0.2) is 0 Å². The lowest BCUT2D eigenvalue weighted by molar-refractivity contribution is -0.145. The van der Waals surface area contributed by atoms with Crippen LogP contribution in [0.1, 0.15) is 23.5 Å². The van der Waals surface area contributed by atoms with Gasteiger partial charge in [0.1, 0.15) is 0 Å². The van der Waals surface area contributed by atoms with Crippen molar-refractivity contribution in [2.75, 3.05) is 13.1 Å². The molecule has 100 valence electrons. The van der Waals surface area contributed by atoms with Crippen LogP contribution in [0.15, 0.2) is 6.20 Å². The third kappa shape index (κ3) is 2.97. The molecule has 0 spiro atoms. The van der Waals surface area contributed by atoms with Gasteiger partial charge in [-0.15, -0.1) is 0 Å². The van der Waals surface area contributed by atoms with Crippen molar-refractivity contribution in [1.82, 2.24) is 14.9 Å². The average molecular weight is 260 g/mol. The van der Waals surface area contributed by atoms with Crippen molar-refractivity contribution in [2.24, 2.45) is 5.73 Å². The van der Waals surface area contributed by atoms with E-state index in [2.05, 4.69) is 14.9 Å². The Balaban J connectivity index is 2.10. The molecule has 1 aromatic heterocycles. The second kappa shape index (κ2) is 4.81. The Kier molecular flexibility index (Phi) is 3.54. The van der Waals surface area contributed by atoms with Gasteiger partial charge >= 0.3 is 6.18 Å². The number of aromatic nitrogens is 2. The molecule has 18 heavy (non-hydrogen) atoms. The molecule has 7 heteroatoms. The van der Waals surface area contributed by atoms with E-state index in [1.54, 1.807) is 6.92 Å². The first-order valence-electron chi connectivity index (χ1n) is 5.74. The highest BCUT2D eigenvalue weighted by molar-refractivity contribution is 5.17. The fourth-order valence-electron chi connectivity index (χ4n) is 2.03. The number of nitrogens with two attached hydrogens (primary N) is 1. The first-order chi connectivity index (χ1) is 8.36. The summed E-state index contributed by atoms with van der Waals surface area (Å²) in [5.74, 6) is -1.08. The maximum absolute atomic E-state index is 12.4. The molecule has 0 saturated carbocycles. The van der Waals surface area contributed by atoms with Gasteiger partial charge in [-0.1, -0.05) is 0 Å². The monoisotopic (exact) mass is 260 g/mol. The fourth-order valence-corrected chi connectivity index (χ4v) is 2.03. The van der Waals surface area contributed by atoms with E-state index in [9.17, 15) is 13.2 Å². The normalized spacial score (nSPS) is 21.5. The largest absolute Gasteiger partial charge is 0.451 e. The van der Waals surface area contributed by atoms with Gasteiger partial charge < -0.3 is 5.73 Å². The molecule has 2 rings (SSSR count). The molecule has 1 fully saturated rings. The molecule has 1 saturated heterocycles. The average Bonchev–Trinajstić information content (AvgIpc) is 2.65. The smallest absolute Gasteiger partial charge is 0.326 e. The molecule has 0 radical (unpaired) electrons. The fraction of sp³-hybridized carbons (Fsp3) is 0.636. The number of rotatable bonds is 2. The summed E-state index contributed by atoms with van der Waals surface area (Å²) in [6.07, 6.45) is -2.31. The molecule has 0 bridgehead atoms. The number of hydrogen-bond acceptors (Lipinski definition) is 4. The summed E-state index contributed by atoms with van der Waals surface area (Å²) >= 11 is 0. The molecule has 0 aliphatic carbocycles. The van der Waals surface area contributed by atoms with Crippen molar-refractivity contribution in [3.8, 4) is 0 Å². The Bertz CT molecular complexity index is 433. The van der Waals surface area contributed by atoms with Crippen molar-refractivity contribution in [3.63, 3.8) is 0 Å². The highest BCUT2D eigenvalue weighted by Crippen LogP contribution is 2.26. The summed E-state index contributed by atoms with van der Waals surface area (Å²) in [5, 5.41) is 0. The minimum absolute atomic E-state index is 0.153. The SMILES string of the molecule is Cc1nc(C(F)(F)F)ncc1CN1CC[C@H](N)C1. The van der Waals surface area contributed by atoms with E-state index in [0.29, 0.717) is 12.2 Å². The van der Waals surface area contributed by atoms with Crippen LogP contribution in [0.4, 0.5) is 13.2 Å². The minimum atomic E-state index is -4.49. The van der Waals surface area contributed by atoms with Crippen molar-refractivity contribution >= 4 is 0 Å². The van der Waals surface area contributed by atoms with Crippen LogP contribution < -0.4 is 5.73 Å². The lowest BCUT2D eigenvalue weighted by atomic mass is 10.2. The van der Waals surface area contributed by atoms with Crippen LogP contribution in [0.2, 0.25) is 0 Å². The number of nitrogens with zero attached hydrogens (tertiary/aromatic N) is 3. The Morgan fingerprint density at radius 1 is 1.50 bits per heavy atom. The summed E-state index contributed by atoms with van der Waals surface area (Å²) in [7, 11) is 0. The highest BCUT2D eigenvalue weighted by atomic mass is 19.4. The van der Waals surface area contributed by atoms with Crippen LogP contribution in [0.3, 0.4) is 0 Å². The Labute approximate surface area is 103 Å². The van der Waals surface area contributed by atoms with Crippen LogP contribution in [0.25, 0.3) is 0 Å². The zero-order chi connectivity index (χ0) is 13.3. The van der Waals surface area contributed by atoms with Crippen LogP contribution in [0.5, 0.6) is 0 Å². The van der Waals surface area contributed by atoms with Gasteiger partial charge in [0.2, 0.25) is 5.82 Å². The molecule has 2 heterocycles. The van der Waals surface area contributed by atoms with Gasteiger partial charge in [0.25, 0.3) is 0 Å². The number of alkyl halides is 3. The van der Waals surface area contributed by atoms with Gasteiger partial charge in [0, 0.05) is 43.1 Å². The molecule has 0 aromatic carbocycles. The van der Waals surface area contributed by atoms with E-state index in [-0.39, 0.29) is 6.04 Å². The van der Waals surface area contributed by atoms with Crippen LogP contribution in [0, 0.1) is 6.92 Å². The van der Waals surface area contributed by atoms with Gasteiger partial charge in [0.05, 0.1) is 0 Å². The summed E-state index contributed by atoms with van der Waals surface area (Å²) in [6.45, 7) is 3.75. The van der Waals surface area contributed by atoms with Crippen molar-refractivity contribution in [1.29, 1.82) is 0 Å². The van der Waals surface area contributed by atoms with E-state index in [1.165, 1.54) is 6.20 Å². The molecule has 1 atom stereocenters. The zero-order valence-electron chi connectivity index (χ0n) is 10.0. The first-order valence-corrected chi connectivity index (χ1v) is 5.74. The van der Waals surface area contributed by atoms with E-state index < -0.39 is 12.0 Å². The third-order valence-corrected chi connectivity index (χ3v) is 3.04. The molecule has 0 amide bonds. The Morgan fingerprint density at radius 3 is 2.72 bits per heavy atom. The van der Waals surface area contributed by atoms with Gasteiger partial charge in [-0.2, -0.15) is 13.2 Å². The van der Waals surface area contributed by atoms with Crippen molar-refractivity contribution < 1.29 is 13.2 Å². The number of aryl methyl sites for hydroxylation is 1. The quantitative estimate of drug-likeness (QED) is 0.871. The number of hydrogen-bond donors (Lipinski definition) is 1. The molecule has 2 N–H and O–H groups in total. The lowest BCUT2D eigenvalue weighted by Gasteiger charge is -2.16. The molecule has 1 aromatic rings. The molecular weight excluding hydrogens is 245 g/mol. The van der Waals surface area contributed by atoms with Crippen molar-refractivity contribution in [3.05, 3.63) is 23.3 Å². The van der Waals surface area contributed by atoms with E-state index >= 15 is 0 Å². The first kappa shape index (κ1) is 13.2. The third-order valence-electron chi connectivity index (χ3n) is 3.04.